The van der Waals surface area contributed by atoms with Crippen LogP contribution in [0.1, 0.15) is 21.6 Å². The Bertz CT molecular complexity index is 884. The molecule has 136 valence electrons. The van der Waals surface area contributed by atoms with Gasteiger partial charge in [-0.3, -0.25) is 9.89 Å². The molecule has 26 heavy (non-hydrogen) atoms. The molecule has 0 bridgehead atoms. The largest absolute Gasteiger partial charge is 0.492 e. The molecule has 6 nitrogen and oxygen atoms in total. The molecule has 2 N–H and O–H groups in total. The van der Waals surface area contributed by atoms with Gasteiger partial charge in [-0.15, -0.1) is 0 Å². The van der Waals surface area contributed by atoms with Crippen LogP contribution in [0.5, 0.6) is 5.75 Å². The number of nitrogens with one attached hydrogen (secondary N) is 2. The number of hydrogen-bond donors (Lipinski definition) is 2. The summed E-state index contributed by atoms with van der Waals surface area (Å²) in [5.74, 6) is 0.642. The highest BCUT2D eigenvalue weighted by atomic mass is 16.5. The van der Waals surface area contributed by atoms with Crippen LogP contribution in [-0.2, 0) is 6.54 Å². The number of aryl methyl sites for hydroxylation is 1. The van der Waals surface area contributed by atoms with Crippen LogP contribution in [0.4, 0.5) is 0 Å². The lowest BCUT2D eigenvalue weighted by Gasteiger charge is -2.11. The molecule has 2 aromatic carbocycles. The summed E-state index contributed by atoms with van der Waals surface area (Å²) in [6, 6.07) is 13.6. The zero-order valence-electron chi connectivity index (χ0n) is 15.4. The lowest BCUT2D eigenvalue weighted by atomic mass is 10.1. The Kier molecular flexibility index (Phi) is 5.53. The number of nitrogens with zero attached hydrogens (tertiary/aromatic N) is 2. The average molecular weight is 352 g/mol. The van der Waals surface area contributed by atoms with Crippen LogP contribution >= 0.6 is 0 Å². The minimum absolute atomic E-state index is 0.187. The molecule has 1 heterocycles. The van der Waals surface area contributed by atoms with Crippen molar-refractivity contribution in [3.63, 3.8) is 0 Å². The molecule has 0 spiro atoms. The van der Waals surface area contributed by atoms with Crippen molar-refractivity contribution in [2.24, 2.45) is 0 Å². The number of fused-ring (bicyclic) bond motifs is 1. The number of rotatable bonds is 7. The maximum Gasteiger partial charge on any atom is 0.272 e. The zero-order chi connectivity index (χ0) is 18.5. The smallest absolute Gasteiger partial charge is 0.272 e. The topological polar surface area (TPSA) is 70.2 Å². The van der Waals surface area contributed by atoms with E-state index in [1.807, 2.05) is 63.5 Å². The van der Waals surface area contributed by atoms with E-state index in [-0.39, 0.29) is 5.91 Å². The number of H-pyrrole nitrogens is 1. The van der Waals surface area contributed by atoms with Gasteiger partial charge < -0.3 is 15.0 Å². The molecule has 1 amide bonds. The molecular weight excluding hydrogens is 328 g/mol. The number of hydrogen-bond acceptors (Lipinski definition) is 4. The lowest BCUT2D eigenvalue weighted by molar-refractivity contribution is 0.0947. The van der Waals surface area contributed by atoms with Crippen LogP contribution in [0.3, 0.4) is 0 Å². The molecule has 0 unspecified atom stereocenters. The second kappa shape index (κ2) is 8.01. The molecule has 0 atom stereocenters. The van der Waals surface area contributed by atoms with Crippen molar-refractivity contribution in [1.29, 1.82) is 0 Å². The van der Waals surface area contributed by atoms with Crippen molar-refractivity contribution in [3.05, 3.63) is 59.3 Å². The van der Waals surface area contributed by atoms with Crippen molar-refractivity contribution in [1.82, 2.24) is 20.4 Å². The predicted octanol–water partition coefficient (Wildman–Crippen LogP) is 2.74. The zero-order valence-corrected chi connectivity index (χ0v) is 15.4. The number of likely N-dealkylation sites (N-methyl/N-ethyl adjacent to an activating group) is 1. The minimum Gasteiger partial charge on any atom is -0.492 e. The average Bonchev–Trinajstić information content (AvgIpc) is 3.03. The Morgan fingerprint density at radius 2 is 1.96 bits per heavy atom. The third-order valence-corrected chi connectivity index (χ3v) is 4.12. The van der Waals surface area contributed by atoms with Gasteiger partial charge in [-0.25, -0.2) is 0 Å². The summed E-state index contributed by atoms with van der Waals surface area (Å²) < 4.78 is 5.67. The van der Waals surface area contributed by atoms with Crippen LogP contribution in [-0.4, -0.2) is 48.3 Å². The number of benzene rings is 2. The van der Waals surface area contributed by atoms with E-state index in [1.165, 1.54) is 0 Å². The van der Waals surface area contributed by atoms with Gasteiger partial charge in [-0.1, -0.05) is 23.8 Å². The first kappa shape index (κ1) is 17.9. The van der Waals surface area contributed by atoms with Crippen molar-refractivity contribution in [2.45, 2.75) is 13.5 Å². The highest BCUT2D eigenvalue weighted by molar-refractivity contribution is 6.04. The molecule has 3 aromatic rings. The molecular formula is C20H24N4O2. The molecule has 3 rings (SSSR count). The Balaban J connectivity index is 1.58. The molecule has 0 saturated heterocycles. The minimum atomic E-state index is -0.187. The Morgan fingerprint density at radius 1 is 1.19 bits per heavy atom. The van der Waals surface area contributed by atoms with Crippen molar-refractivity contribution in [3.8, 4) is 5.75 Å². The van der Waals surface area contributed by atoms with E-state index in [1.54, 1.807) is 0 Å². The Morgan fingerprint density at radius 3 is 2.69 bits per heavy atom. The molecule has 0 saturated carbocycles. The summed E-state index contributed by atoms with van der Waals surface area (Å²) in [5, 5.41) is 10.8. The van der Waals surface area contributed by atoms with Gasteiger partial charge in [0.25, 0.3) is 5.91 Å². The molecule has 0 aliphatic carbocycles. The third-order valence-electron chi connectivity index (χ3n) is 4.12. The van der Waals surface area contributed by atoms with Gasteiger partial charge in [-0.2, -0.15) is 5.10 Å². The number of ether oxygens (including phenoxy) is 1. The van der Waals surface area contributed by atoms with Gasteiger partial charge in [0, 0.05) is 18.5 Å². The van der Waals surface area contributed by atoms with Crippen LogP contribution in [0.15, 0.2) is 42.5 Å². The van der Waals surface area contributed by atoms with Crippen molar-refractivity contribution >= 4 is 16.8 Å². The fourth-order valence-corrected chi connectivity index (χ4v) is 2.62. The van der Waals surface area contributed by atoms with Crippen LogP contribution in [0.2, 0.25) is 0 Å². The van der Waals surface area contributed by atoms with Gasteiger partial charge in [-0.05, 0) is 50.8 Å². The predicted molar refractivity (Wildman–Crippen MR) is 102 cm³/mol. The standard InChI is InChI=1S/C20H24N4O2/c1-14-4-9-18-17(12-14)19(23-22-18)20(25)21-13-15-5-7-16(8-6-15)26-11-10-24(2)3/h4-9,12H,10-11,13H2,1-3H3,(H,21,25)(H,22,23). The van der Waals surface area contributed by atoms with E-state index >= 15 is 0 Å². The number of carbonyl (C=O) groups excluding carboxylic acids is 1. The summed E-state index contributed by atoms with van der Waals surface area (Å²) in [7, 11) is 4.03. The summed E-state index contributed by atoms with van der Waals surface area (Å²) in [5.41, 5.74) is 3.39. The molecule has 0 aliphatic heterocycles. The van der Waals surface area contributed by atoms with Gasteiger partial charge in [0.05, 0.1) is 5.52 Å². The number of amides is 1. The summed E-state index contributed by atoms with van der Waals surface area (Å²) in [6.45, 7) is 3.96. The number of aromatic amines is 1. The molecule has 0 aliphatic rings. The Labute approximate surface area is 153 Å². The van der Waals surface area contributed by atoms with E-state index < -0.39 is 0 Å². The fraction of sp³-hybridized carbons (Fsp3) is 0.300. The van der Waals surface area contributed by atoms with Crippen molar-refractivity contribution < 1.29 is 9.53 Å². The first-order chi connectivity index (χ1) is 12.5. The van der Waals surface area contributed by atoms with Crippen LogP contribution in [0.25, 0.3) is 10.9 Å². The monoisotopic (exact) mass is 352 g/mol. The first-order valence-electron chi connectivity index (χ1n) is 8.62. The van der Waals surface area contributed by atoms with Crippen LogP contribution in [0, 0.1) is 6.92 Å². The fourth-order valence-electron chi connectivity index (χ4n) is 2.62. The van der Waals surface area contributed by atoms with E-state index in [0.717, 1.165) is 34.3 Å². The SMILES string of the molecule is Cc1ccc2[nH]nc(C(=O)NCc3ccc(OCCN(C)C)cc3)c2c1. The molecule has 6 heteroatoms. The van der Waals surface area contributed by atoms with Gasteiger partial charge >= 0.3 is 0 Å². The quantitative estimate of drug-likeness (QED) is 0.686. The van der Waals surface area contributed by atoms with E-state index in [9.17, 15) is 4.79 Å². The second-order valence-corrected chi connectivity index (χ2v) is 6.60. The lowest BCUT2D eigenvalue weighted by Crippen LogP contribution is -2.23. The molecule has 1 aromatic heterocycles. The van der Waals surface area contributed by atoms with E-state index in [4.69, 9.17) is 4.74 Å². The van der Waals surface area contributed by atoms with Crippen LogP contribution < -0.4 is 10.1 Å². The van der Waals surface area contributed by atoms with Gasteiger partial charge in [0.1, 0.15) is 12.4 Å². The van der Waals surface area contributed by atoms with Crippen molar-refractivity contribution in [2.75, 3.05) is 27.2 Å². The second-order valence-electron chi connectivity index (χ2n) is 6.60. The number of aromatic nitrogens is 2. The summed E-state index contributed by atoms with van der Waals surface area (Å²) in [6.07, 6.45) is 0. The molecule has 0 fully saturated rings. The van der Waals surface area contributed by atoms with Gasteiger partial charge in [0.15, 0.2) is 5.69 Å². The van der Waals surface area contributed by atoms with Gasteiger partial charge in [0.2, 0.25) is 0 Å². The maximum absolute atomic E-state index is 12.5. The van der Waals surface area contributed by atoms with E-state index in [2.05, 4.69) is 20.4 Å². The summed E-state index contributed by atoms with van der Waals surface area (Å²) >= 11 is 0. The Hall–Kier alpha value is -2.86. The highest BCUT2D eigenvalue weighted by Gasteiger charge is 2.13. The summed E-state index contributed by atoms with van der Waals surface area (Å²) in [4.78, 5) is 14.5. The third kappa shape index (κ3) is 4.40. The first-order valence-corrected chi connectivity index (χ1v) is 8.62. The normalized spacial score (nSPS) is 11.1. The highest BCUT2D eigenvalue weighted by Crippen LogP contribution is 2.18. The molecule has 0 radical (unpaired) electrons. The van der Waals surface area contributed by atoms with E-state index in [0.29, 0.717) is 18.8 Å². The maximum atomic E-state index is 12.5. The number of carbonyl (C=O) groups is 1.